The number of rotatable bonds is 5. The molecule has 0 spiro atoms. The van der Waals surface area contributed by atoms with Crippen LogP contribution in [-0.4, -0.2) is 23.8 Å². The molecule has 0 saturated heterocycles. The third-order valence-electron chi connectivity index (χ3n) is 5.63. The Kier molecular flexibility index (Phi) is 5.95. The first-order valence-corrected chi connectivity index (χ1v) is 11.6. The molecule has 5 nitrogen and oxygen atoms in total. The molecule has 7 heteroatoms. The molecule has 0 aromatic heterocycles. The number of hydrogen-bond donors (Lipinski definition) is 1. The molecular weight excluding hydrogens is 429 g/mol. The maximum Gasteiger partial charge on any atom is 0.333 e. The number of sulfonamides is 1. The summed E-state index contributed by atoms with van der Waals surface area (Å²) in [6.07, 6.45) is 1.72. The van der Waals surface area contributed by atoms with E-state index in [9.17, 15) is 22.7 Å². The number of carbonyl (C=O) groups is 1. The molecule has 164 valence electrons. The number of halogens is 1. The Morgan fingerprint density at radius 1 is 0.938 bits per heavy atom. The predicted octanol–water partition coefficient (Wildman–Crippen LogP) is 5.02. The number of carboxylic acids is 1. The molecule has 0 fully saturated rings. The lowest BCUT2D eigenvalue weighted by Gasteiger charge is -2.40. The molecule has 1 heterocycles. The smallest absolute Gasteiger partial charge is 0.333 e. The summed E-state index contributed by atoms with van der Waals surface area (Å²) in [5, 5.41) is 9.91. The first-order chi connectivity index (χ1) is 15.3. The minimum absolute atomic E-state index is 0.00903. The fourth-order valence-corrected chi connectivity index (χ4v) is 5.82. The summed E-state index contributed by atoms with van der Waals surface area (Å²) < 4.78 is 42.7. The van der Waals surface area contributed by atoms with Crippen LogP contribution in [0.1, 0.15) is 35.2 Å². The summed E-state index contributed by atoms with van der Waals surface area (Å²) in [5.41, 5.74) is 2.03. The van der Waals surface area contributed by atoms with E-state index < -0.39 is 33.9 Å². The first-order valence-electron chi connectivity index (χ1n) is 10.1. The van der Waals surface area contributed by atoms with Gasteiger partial charge in [0.1, 0.15) is 5.82 Å². The van der Waals surface area contributed by atoms with Gasteiger partial charge in [-0.2, -0.15) is 4.31 Å². The molecule has 3 aromatic carbocycles. The maximum atomic E-state index is 13.9. The zero-order chi connectivity index (χ0) is 22.9. The number of benzene rings is 3. The van der Waals surface area contributed by atoms with Gasteiger partial charge in [-0.05, 0) is 48.7 Å². The van der Waals surface area contributed by atoms with Crippen molar-refractivity contribution in [3.05, 3.63) is 113 Å². The molecule has 32 heavy (non-hydrogen) atoms. The van der Waals surface area contributed by atoms with Gasteiger partial charge in [0.2, 0.25) is 10.0 Å². The van der Waals surface area contributed by atoms with Crippen molar-refractivity contribution in [2.45, 2.75) is 30.3 Å². The van der Waals surface area contributed by atoms with Crippen molar-refractivity contribution in [3.8, 4) is 0 Å². The van der Waals surface area contributed by atoms with Crippen LogP contribution in [-0.2, 0) is 14.8 Å². The van der Waals surface area contributed by atoms with Crippen LogP contribution in [0.4, 0.5) is 4.39 Å². The lowest BCUT2D eigenvalue weighted by molar-refractivity contribution is -0.133. The fraction of sp³-hybridized carbons (Fsp3) is 0.160. The summed E-state index contributed by atoms with van der Waals surface area (Å²) >= 11 is 0. The number of nitrogens with zero attached hydrogens (tertiary/aromatic N) is 1. The van der Waals surface area contributed by atoms with Crippen LogP contribution in [0.2, 0.25) is 0 Å². The van der Waals surface area contributed by atoms with E-state index in [0.717, 1.165) is 5.56 Å². The lowest BCUT2D eigenvalue weighted by atomic mass is 9.89. The van der Waals surface area contributed by atoms with Crippen LogP contribution in [0, 0.1) is 12.7 Å². The fourth-order valence-electron chi connectivity index (χ4n) is 4.04. The second-order valence-electron chi connectivity index (χ2n) is 7.73. The van der Waals surface area contributed by atoms with Gasteiger partial charge in [0, 0.05) is 0 Å². The number of aryl methyl sites for hydroxylation is 1. The zero-order valence-corrected chi connectivity index (χ0v) is 18.2. The Bertz CT molecular complexity index is 1250. The molecule has 1 aliphatic rings. The number of aliphatic carboxylic acids is 1. The Morgan fingerprint density at radius 2 is 1.56 bits per heavy atom. The average molecular weight is 452 g/mol. The van der Waals surface area contributed by atoms with E-state index in [0.29, 0.717) is 11.1 Å². The molecule has 0 amide bonds. The Hall–Kier alpha value is -3.29. The molecule has 2 atom stereocenters. The van der Waals surface area contributed by atoms with E-state index in [1.807, 2.05) is 6.92 Å². The van der Waals surface area contributed by atoms with E-state index >= 15 is 0 Å². The summed E-state index contributed by atoms with van der Waals surface area (Å²) in [7, 11) is -4.11. The van der Waals surface area contributed by atoms with Crippen molar-refractivity contribution in [1.82, 2.24) is 4.31 Å². The second-order valence-corrected chi connectivity index (χ2v) is 9.57. The summed E-state index contributed by atoms with van der Waals surface area (Å²) in [6, 6.07) is 19.0. The topological polar surface area (TPSA) is 74.7 Å². The van der Waals surface area contributed by atoms with Gasteiger partial charge in [-0.25, -0.2) is 17.6 Å². The molecule has 0 saturated carbocycles. The highest BCUT2D eigenvalue weighted by Crippen LogP contribution is 2.45. The second kappa shape index (κ2) is 8.68. The van der Waals surface area contributed by atoms with Gasteiger partial charge in [0.25, 0.3) is 0 Å². The van der Waals surface area contributed by atoms with Crippen molar-refractivity contribution < 1.29 is 22.7 Å². The van der Waals surface area contributed by atoms with Crippen LogP contribution in [0.3, 0.4) is 0 Å². The third kappa shape index (κ3) is 4.09. The minimum atomic E-state index is -4.11. The maximum absolute atomic E-state index is 13.9. The monoisotopic (exact) mass is 451 g/mol. The zero-order valence-electron chi connectivity index (χ0n) is 17.4. The Labute approximate surface area is 186 Å². The van der Waals surface area contributed by atoms with Crippen molar-refractivity contribution in [1.29, 1.82) is 0 Å². The SMILES string of the molecule is Cc1ccc(S(=O)(=O)N2[C@@H](c3ccccc3)C(C(=O)O)=CC[C@H]2c2ccc(F)cc2)cc1. The highest BCUT2D eigenvalue weighted by molar-refractivity contribution is 7.89. The minimum Gasteiger partial charge on any atom is -0.478 e. The predicted molar refractivity (Wildman–Crippen MR) is 119 cm³/mol. The van der Waals surface area contributed by atoms with Gasteiger partial charge in [0.05, 0.1) is 22.6 Å². The number of carboxylic acid groups (broad SMARTS) is 1. The molecule has 0 radical (unpaired) electrons. The molecule has 0 bridgehead atoms. The summed E-state index contributed by atoms with van der Waals surface area (Å²) in [6.45, 7) is 1.86. The van der Waals surface area contributed by atoms with Crippen LogP contribution >= 0.6 is 0 Å². The summed E-state index contributed by atoms with van der Waals surface area (Å²) in [4.78, 5) is 12.2. The third-order valence-corrected chi connectivity index (χ3v) is 7.52. The Morgan fingerprint density at radius 3 is 2.16 bits per heavy atom. The molecule has 0 unspecified atom stereocenters. The largest absolute Gasteiger partial charge is 0.478 e. The molecule has 1 N–H and O–H groups in total. The van der Waals surface area contributed by atoms with Crippen molar-refractivity contribution >= 4 is 16.0 Å². The summed E-state index contributed by atoms with van der Waals surface area (Å²) in [5.74, 6) is -1.61. The van der Waals surface area contributed by atoms with Crippen LogP contribution in [0.25, 0.3) is 0 Å². The highest BCUT2D eigenvalue weighted by Gasteiger charge is 2.44. The molecule has 0 aliphatic carbocycles. The van der Waals surface area contributed by atoms with Crippen LogP contribution in [0.5, 0.6) is 0 Å². The van der Waals surface area contributed by atoms with Gasteiger partial charge < -0.3 is 5.11 Å². The van der Waals surface area contributed by atoms with E-state index in [4.69, 9.17) is 0 Å². The standard InChI is InChI=1S/C25H22FNO4S/c1-17-7-13-21(14-8-17)32(30,31)27-23(18-9-11-20(26)12-10-18)16-15-22(25(28)29)24(27)19-5-3-2-4-6-19/h2-15,23-24H,16H2,1H3,(H,28,29)/t23-,24-/m0/s1. The Balaban J connectivity index is 1.95. The van der Waals surface area contributed by atoms with E-state index in [1.54, 1.807) is 60.7 Å². The first kappa shape index (κ1) is 21.9. The quantitative estimate of drug-likeness (QED) is 0.591. The lowest BCUT2D eigenvalue weighted by Crippen LogP contribution is -2.42. The molecule has 1 aliphatic heterocycles. The van der Waals surface area contributed by atoms with Crippen LogP contribution in [0.15, 0.2) is 95.4 Å². The van der Waals surface area contributed by atoms with Crippen LogP contribution < -0.4 is 0 Å². The van der Waals surface area contributed by atoms with Crippen molar-refractivity contribution in [3.63, 3.8) is 0 Å². The van der Waals surface area contributed by atoms with E-state index in [2.05, 4.69) is 0 Å². The highest BCUT2D eigenvalue weighted by atomic mass is 32.2. The van der Waals surface area contributed by atoms with Gasteiger partial charge in [0.15, 0.2) is 0 Å². The van der Waals surface area contributed by atoms with Crippen molar-refractivity contribution in [2.75, 3.05) is 0 Å². The molecular formula is C25H22FNO4S. The normalized spacial score (nSPS) is 19.4. The van der Waals surface area contributed by atoms with Crippen molar-refractivity contribution in [2.24, 2.45) is 0 Å². The van der Waals surface area contributed by atoms with Gasteiger partial charge in [-0.3, -0.25) is 0 Å². The van der Waals surface area contributed by atoms with E-state index in [-0.39, 0.29) is 16.9 Å². The molecule has 3 aromatic rings. The van der Waals surface area contributed by atoms with Gasteiger partial charge in [-0.15, -0.1) is 0 Å². The van der Waals surface area contributed by atoms with Gasteiger partial charge >= 0.3 is 5.97 Å². The molecule has 4 rings (SSSR count). The average Bonchev–Trinajstić information content (AvgIpc) is 2.79. The van der Waals surface area contributed by atoms with E-state index in [1.165, 1.54) is 28.6 Å². The van der Waals surface area contributed by atoms with Gasteiger partial charge in [-0.1, -0.05) is 66.2 Å². The number of hydrogen-bond acceptors (Lipinski definition) is 3.